The highest BCUT2D eigenvalue weighted by Gasteiger charge is 2.38. The third-order valence-corrected chi connectivity index (χ3v) is 3.89. The molecular formula is C17H22O3. The molecule has 0 aromatic heterocycles. The molecule has 3 N–H and O–H groups in total. The maximum Gasteiger partial charge on any atom is 0.116 e. The predicted octanol–water partition coefficient (Wildman–Crippen LogP) is 1.23. The van der Waals surface area contributed by atoms with Crippen LogP contribution in [0.4, 0.5) is 0 Å². The minimum atomic E-state index is -1.03. The fraction of sp³-hybridized carbons (Fsp3) is 0.647. The van der Waals surface area contributed by atoms with Gasteiger partial charge in [-0.15, -0.1) is 0 Å². The smallest absolute Gasteiger partial charge is 0.116 e. The second kappa shape index (κ2) is 5.62. The Bertz CT molecular complexity index is 524. The lowest BCUT2D eigenvalue weighted by Gasteiger charge is -2.24. The maximum atomic E-state index is 10.7. The van der Waals surface area contributed by atoms with E-state index in [2.05, 4.69) is 23.7 Å². The molecule has 3 atom stereocenters. The Balaban J connectivity index is 2.34. The number of aliphatic hydroxyl groups is 3. The quantitative estimate of drug-likeness (QED) is 0.664. The zero-order valence-electron chi connectivity index (χ0n) is 12.1. The normalized spacial score (nSPS) is 35.0. The summed E-state index contributed by atoms with van der Waals surface area (Å²) in [7, 11) is 0. The highest BCUT2D eigenvalue weighted by Crippen LogP contribution is 2.38. The number of hydrogen-bond donors (Lipinski definition) is 3. The summed E-state index contributed by atoms with van der Waals surface area (Å²) in [6.45, 7) is 4.03. The van der Waals surface area contributed by atoms with Crippen LogP contribution >= 0.6 is 0 Å². The Morgan fingerprint density at radius 1 is 1.35 bits per heavy atom. The van der Waals surface area contributed by atoms with Gasteiger partial charge >= 0.3 is 0 Å². The molecule has 0 bridgehead atoms. The van der Waals surface area contributed by atoms with Gasteiger partial charge < -0.3 is 15.3 Å². The molecule has 0 aliphatic heterocycles. The monoisotopic (exact) mass is 274 g/mol. The van der Waals surface area contributed by atoms with Crippen LogP contribution in [0.1, 0.15) is 39.5 Å². The number of hydrogen-bond acceptors (Lipinski definition) is 3. The Morgan fingerprint density at radius 3 is 2.80 bits per heavy atom. The zero-order valence-corrected chi connectivity index (χ0v) is 12.1. The molecule has 0 saturated heterocycles. The Hall–Kier alpha value is -1.26. The van der Waals surface area contributed by atoms with Gasteiger partial charge in [0.25, 0.3) is 0 Å². The van der Waals surface area contributed by atoms with Gasteiger partial charge in [-0.25, -0.2) is 0 Å². The largest absolute Gasteiger partial charge is 0.396 e. The van der Waals surface area contributed by atoms with Crippen molar-refractivity contribution in [1.82, 2.24) is 0 Å². The lowest BCUT2D eigenvalue weighted by atomic mass is 9.84. The summed E-state index contributed by atoms with van der Waals surface area (Å²) >= 11 is 0. The van der Waals surface area contributed by atoms with E-state index in [1.54, 1.807) is 0 Å². The van der Waals surface area contributed by atoms with Gasteiger partial charge in [0, 0.05) is 30.4 Å². The van der Waals surface area contributed by atoms with Crippen molar-refractivity contribution >= 4 is 0 Å². The van der Waals surface area contributed by atoms with Gasteiger partial charge in [0.05, 0.1) is 0 Å². The molecule has 0 saturated carbocycles. The van der Waals surface area contributed by atoms with E-state index >= 15 is 0 Å². The first-order valence-corrected chi connectivity index (χ1v) is 7.10. The standard InChI is InChI=1S/C17H22O3/c1-16(2)8-5-14-10-13(6-9-18)11-17(14,20)7-3-4-15(19)12-16/h10,13,15,18-20H,6-7,9,11-12H2,1-2H3. The molecule has 0 amide bonds. The second-order valence-corrected chi connectivity index (χ2v) is 6.44. The van der Waals surface area contributed by atoms with Gasteiger partial charge in [-0.05, 0) is 32.6 Å². The summed E-state index contributed by atoms with van der Waals surface area (Å²) in [6, 6.07) is 0. The van der Waals surface area contributed by atoms with Gasteiger partial charge in [0.15, 0.2) is 0 Å². The fourth-order valence-corrected chi connectivity index (χ4v) is 2.81. The molecular weight excluding hydrogens is 252 g/mol. The number of allylic oxidation sites excluding steroid dienone is 1. The summed E-state index contributed by atoms with van der Waals surface area (Å²) in [4.78, 5) is 0. The van der Waals surface area contributed by atoms with Crippen LogP contribution in [0.3, 0.4) is 0 Å². The lowest BCUT2D eigenvalue weighted by Crippen LogP contribution is -2.29. The van der Waals surface area contributed by atoms with Gasteiger partial charge in [0.2, 0.25) is 0 Å². The molecule has 0 heterocycles. The van der Waals surface area contributed by atoms with E-state index in [9.17, 15) is 10.2 Å². The number of rotatable bonds is 2. The first-order valence-electron chi connectivity index (χ1n) is 7.10. The minimum absolute atomic E-state index is 0.105. The van der Waals surface area contributed by atoms with Crippen LogP contribution in [-0.4, -0.2) is 33.6 Å². The van der Waals surface area contributed by atoms with E-state index in [1.807, 2.05) is 19.9 Å². The fourth-order valence-electron chi connectivity index (χ4n) is 2.81. The van der Waals surface area contributed by atoms with Crippen molar-refractivity contribution < 1.29 is 15.3 Å². The average Bonchev–Trinajstić information content (AvgIpc) is 2.62. The molecule has 0 radical (unpaired) electrons. The summed E-state index contributed by atoms with van der Waals surface area (Å²) in [5.74, 6) is 12.1. The minimum Gasteiger partial charge on any atom is -0.396 e. The van der Waals surface area contributed by atoms with Gasteiger partial charge in [0.1, 0.15) is 11.7 Å². The third kappa shape index (κ3) is 3.44. The van der Waals surface area contributed by atoms with E-state index in [-0.39, 0.29) is 24.4 Å². The molecule has 2 aliphatic carbocycles. The van der Waals surface area contributed by atoms with Crippen molar-refractivity contribution in [2.75, 3.05) is 6.61 Å². The third-order valence-electron chi connectivity index (χ3n) is 3.89. The van der Waals surface area contributed by atoms with Crippen molar-refractivity contribution in [1.29, 1.82) is 0 Å². The van der Waals surface area contributed by atoms with Gasteiger partial charge in [-0.2, -0.15) is 0 Å². The predicted molar refractivity (Wildman–Crippen MR) is 77.4 cm³/mol. The molecule has 2 aliphatic rings. The summed E-state index contributed by atoms with van der Waals surface area (Å²) < 4.78 is 0. The maximum absolute atomic E-state index is 10.7. The number of fused-ring (bicyclic) bond motifs is 1. The topological polar surface area (TPSA) is 60.7 Å². The first-order chi connectivity index (χ1) is 9.35. The first kappa shape index (κ1) is 15.1. The van der Waals surface area contributed by atoms with Crippen LogP contribution in [0, 0.1) is 35.0 Å². The van der Waals surface area contributed by atoms with Crippen LogP contribution in [-0.2, 0) is 0 Å². The van der Waals surface area contributed by atoms with Crippen molar-refractivity contribution in [2.24, 2.45) is 11.3 Å². The molecule has 2 rings (SSSR count). The summed E-state index contributed by atoms with van der Waals surface area (Å²) in [6.07, 6.45) is 3.23. The summed E-state index contributed by atoms with van der Waals surface area (Å²) in [5, 5.41) is 29.7. The Morgan fingerprint density at radius 2 is 2.10 bits per heavy atom. The van der Waals surface area contributed by atoms with Crippen molar-refractivity contribution in [2.45, 2.75) is 51.2 Å². The summed E-state index contributed by atoms with van der Waals surface area (Å²) in [5.41, 5.74) is -0.662. The average molecular weight is 274 g/mol. The van der Waals surface area contributed by atoms with E-state index in [0.29, 0.717) is 19.3 Å². The van der Waals surface area contributed by atoms with Crippen molar-refractivity contribution in [3.05, 3.63) is 11.6 Å². The molecule has 0 fully saturated rings. The number of aliphatic hydroxyl groups excluding tert-OH is 2. The molecule has 3 heteroatoms. The Labute approximate surface area is 120 Å². The highest BCUT2D eigenvalue weighted by molar-refractivity contribution is 5.43. The van der Waals surface area contributed by atoms with Crippen LogP contribution in [0.25, 0.3) is 0 Å². The van der Waals surface area contributed by atoms with E-state index < -0.39 is 11.7 Å². The molecule has 108 valence electrons. The lowest BCUT2D eigenvalue weighted by molar-refractivity contribution is 0.0764. The van der Waals surface area contributed by atoms with E-state index in [1.165, 1.54) is 0 Å². The highest BCUT2D eigenvalue weighted by atomic mass is 16.3. The SMILES string of the molecule is CC1(C)C#CC2=CC(CCO)CC2(O)CC#CC(O)C1. The Kier molecular flexibility index (Phi) is 4.25. The van der Waals surface area contributed by atoms with E-state index in [0.717, 1.165) is 5.57 Å². The molecule has 3 unspecified atom stereocenters. The zero-order chi connectivity index (χ0) is 14.8. The van der Waals surface area contributed by atoms with Crippen LogP contribution in [0.15, 0.2) is 11.6 Å². The van der Waals surface area contributed by atoms with Crippen molar-refractivity contribution in [3.63, 3.8) is 0 Å². The molecule has 3 nitrogen and oxygen atoms in total. The van der Waals surface area contributed by atoms with Crippen LogP contribution in [0.2, 0.25) is 0 Å². The van der Waals surface area contributed by atoms with Gasteiger partial charge in [-0.1, -0.05) is 29.8 Å². The molecule has 0 aromatic rings. The van der Waals surface area contributed by atoms with Crippen LogP contribution in [0.5, 0.6) is 0 Å². The van der Waals surface area contributed by atoms with Crippen LogP contribution < -0.4 is 0 Å². The van der Waals surface area contributed by atoms with Crippen molar-refractivity contribution in [3.8, 4) is 23.7 Å². The second-order valence-electron chi connectivity index (χ2n) is 6.44. The molecule has 20 heavy (non-hydrogen) atoms. The molecule has 0 aromatic carbocycles. The van der Waals surface area contributed by atoms with E-state index in [4.69, 9.17) is 5.11 Å². The molecule has 0 spiro atoms. The van der Waals surface area contributed by atoms with Gasteiger partial charge in [-0.3, -0.25) is 0 Å².